The minimum Gasteiger partial charge on any atom is -0.484 e. The van der Waals surface area contributed by atoms with Crippen molar-refractivity contribution in [3.05, 3.63) is 29.0 Å². The number of hydrogen-bond acceptors (Lipinski definition) is 2. The Morgan fingerprint density at radius 3 is 2.74 bits per heavy atom. The summed E-state index contributed by atoms with van der Waals surface area (Å²) in [6, 6.07) is 4.44. The van der Waals surface area contributed by atoms with E-state index in [9.17, 15) is 9.18 Å². The first-order valence-corrected chi connectivity index (χ1v) is 8.87. The van der Waals surface area contributed by atoms with Crippen molar-refractivity contribution in [2.45, 2.75) is 51.0 Å². The lowest BCUT2D eigenvalue weighted by molar-refractivity contribution is -0.123. The molecule has 2 unspecified atom stereocenters. The van der Waals surface area contributed by atoms with Crippen LogP contribution in [0.1, 0.15) is 44.9 Å². The van der Waals surface area contributed by atoms with Crippen LogP contribution >= 0.6 is 11.6 Å². The van der Waals surface area contributed by atoms with E-state index in [-0.39, 0.29) is 23.6 Å². The molecule has 0 saturated heterocycles. The van der Waals surface area contributed by atoms with Crippen LogP contribution in [0, 0.1) is 17.7 Å². The Morgan fingerprint density at radius 1 is 1.22 bits per heavy atom. The van der Waals surface area contributed by atoms with Gasteiger partial charge in [-0.05, 0) is 43.2 Å². The van der Waals surface area contributed by atoms with E-state index in [0.717, 1.165) is 24.7 Å². The van der Waals surface area contributed by atoms with Gasteiger partial charge in [0.15, 0.2) is 6.61 Å². The lowest BCUT2D eigenvalue weighted by Crippen LogP contribution is -2.36. The average molecular weight is 340 g/mol. The van der Waals surface area contributed by atoms with Crippen molar-refractivity contribution in [1.29, 1.82) is 0 Å². The van der Waals surface area contributed by atoms with Gasteiger partial charge in [-0.2, -0.15) is 0 Å². The van der Waals surface area contributed by atoms with Crippen LogP contribution in [-0.4, -0.2) is 18.6 Å². The van der Waals surface area contributed by atoms with Gasteiger partial charge in [0.05, 0.1) is 5.02 Å². The summed E-state index contributed by atoms with van der Waals surface area (Å²) in [5, 5.41) is 3.09. The van der Waals surface area contributed by atoms with Crippen LogP contribution in [0.3, 0.4) is 0 Å². The fourth-order valence-corrected chi connectivity index (χ4v) is 4.11. The zero-order chi connectivity index (χ0) is 16.2. The van der Waals surface area contributed by atoms with Gasteiger partial charge in [-0.3, -0.25) is 4.79 Å². The highest BCUT2D eigenvalue weighted by molar-refractivity contribution is 6.30. The normalized spacial score (nSPS) is 24.8. The van der Waals surface area contributed by atoms with Crippen LogP contribution in [0.15, 0.2) is 18.2 Å². The van der Waals surface area contributed by atoms with Crippen molar-refractivity contribution in [2.75, 3.05) is 6.61 Å². The highest BCUT2D eigenvalue weighted by Crippen LogP contribution is 2.40. The maximum absolute atomic E-state index is 13.3. The smallest absolute Gasteiger partial charge is 0.258 e. The fraction of sp³-hybridized carbons (Fsp3) is 0.611. The van der Waals surface area contributed by atoms with Gasteiger partial charge in [-0.15, -0.1) is 0 Å². The SMILES string of the molecule is O=C(COc1ccc(Cl)c(F)c1)NC1CCC(C2CCCC2)C1. The van der Waals surface area contributed by atoms with Crippen LogP contribution in [0.5, 0.6) is 5.75 Å². The Kier molecular flexibility index (Phi) is 5.42. The van der Waals surface area contributed by atoms with Crippen molar-refractivity contribution >= 4 is 17.5 Å². The van der Waals surface area contributed by atoms with Crippen molar-refractivity contribution in [2.24, 2.45) is 11.8 Å². The number of carbonyl (C=O) groups is 1. The first-order valence-electron chi connectivity index (χ1n) is 8.49. The van der Waals surface area contributed by atoms with E-state index in [1.165, 1.54) is 44.2 Å². The number of hydrogen-bond donors (Lipinski definition) is 1. The third kappa shape index (κ3) is 4.37. The second kappa shape index (κ2) is 7.52. The quantitative estimate of drug-likeness (QED) is 0.867. The molecule has 2 fully saturated rings. The molecule has 5 heteroatoms. The zero-order valence-corrected chi connectivity index (χ0v) is 13.9. The van der Waals surface area contributed by atoms with Crippen LogP contribution < -0.4 is 10.1 Å². The highest BCUT2D eigenvalue weighted by Gasteiger charge is 2.32. The molecular formula is C18H23ClFNO2. The zero-order valence-electron chi connectivity index (χ0n) is 13.2. The number of halogens is 2. The largest absolute Gasteiger partial charge is 0.484 e. The summed E-state index contributed by atoms with van der Waals surface area (Å²) in [5.41, 5.74) is 0. The molecule has 1 aromatic rings. The summed E-state index contributed by atoms with van der Waals surface area (Å²) in [6.07, 6.45) is 8.81. The van der Waals surface area contributed by atoms with Gasteiger partial charge < -0.3 is 10.1 Å². The second-order valence-corrected chi connectivity index (χ2v) is 7.15. The molecule has 126 valence electrons. The maximum Gasteiger partial charge on any atom is 0.258 e. The molecule has 2 saturated carbocycles. The number of carbonyl (C=O) groups excluding carboxylic acids is 1. The van der Waals surface area contributed by atoms with Crippen LogP contribution in [0.2, 0.25) is 5.02 Å². The molecule has 0 radical (unpaired) electrons. The summed E-state index contributed by atoms with van der Waals surface area (Å²) < 4.78 is 18.6. The molecule has 1 aromatic carbocycles. The summed E-state index contributed by atoms with van der Waals surface area (Å²) in [6.45, 7) is -0.0916. The predicted molar refractivity (Wildman–Crippen MR) is 88.1 cm³/mol. The number of ether oxygens (including phenoxy) is 1. The van der Waals surface area contributed by atoms with Crippen molar-refractivity contribution in [1.82, 2.24) is 5.32 Å². The van der Waals surface area contributed by atoms with E-state index in [1.54, 1.807) is 6.07 Å². The summed E-state index contributed by atoms with van der Waals surface area (Å²) in [4.78, 5) is 12.0. The van der Waals surface area contributed by atoms with Gasteiger partial charge in [0.1, 0.15) is 11.6 Å². The van der Waals surface area contributed by atoms with E-state index in [0.29, 0.717) is 5.75 Å². The molecule has 2 aliphatic rings. The molecule has 0 aliphatic heterocycles. The topological polar surface area (TPSA) is 38.3 Å². The molecule has 0 aromatic heterocycles. The summed E-state index contributed by atoms with van der Waals surface area (Å²) in [5.74, 6) is 1.27. The van der Waals surface area contributed by atoms with Gasteiger partial charge in [0.25, 0.3) is 5.91 Å². The lowest BCUT2D eigenvalue weighted by Gasteiger charge is -2.18. The molecule has 1 N–H and O–H groups in total. The fourth-order valence-electron chi connectivity index (χ4n) is 3.99. The van der Waals surface area contributed by atoms with Gasteiger partial charge in [0, 0.05) is 12.1 Å². The third-order valence-corrected chi connectivity index (χ3v) is 5.47. The van der Waals surface area contributed by atoms with Gasteiger partial charge in [-0.1, -0.05) is 37.3 Å². The number of rotatable bonds is 5. The number of benzene rings is 1. The molecular weight excluding hydrogens is 317 g/mol. The summed E-state index contributed by atoms with van der Waals surface area (Å²) >= 11 is 5.61. The number of amides is 1. The Balaban J connectivity index is 1.42. The van der Waals surface area contributed by atoms with Gasteiger partial charge in [-0.25, -0.2) is 4.39 Å². The molecule has 2 atom stereocenters. The Morgan fingerprint density at radius 2 is 2.00 bits per heavy atom. The standard InChI is InChI=1S/C18H23ClFNO2/c19-16-8-7-15(10-17(16)20)23-11-18(22)21-14-6-5-13(9-14)12-3-1-2-4-12/h7-8,10,12-14H,1-6,9,11H2,(H,21,22). The maximum atomic E-state index is 13.3. The predicted octanol–water partition coefficient (Wildman–Crippen LogP) is 4.33. The molecule has 3 rings (SSSR count). The Hall–Kier alpha value is -1.29. The highest BCUT2D eigenvalue weighted by atomic mass is 35.5. The van der Waals surface area contributed by atoms with E-state index >= 15 is 0 Å². The minimum atomic E-state index is -0.542. The molecule has 0 heterocycles. The molecule has 1 amide bonds. The van der Waals surface area contributed by atoms with Crippen molar-refractivity contribution in [3.63, 3.8) is 0 Å². The third-order valence-electron chi connectivity index (χ3n) is 5.17. The van der Waals surface area contributed by atoms with Crippen LogP contribution in [-0.2, 0) is 4.79 Å². The van der Waals surface area contributed by atoms with Crippen LogP contribution in [0.4, 0.5) is 4.39 Å². The van der Waals surface area contributed by atoms with E-state index < -0.39 is 5.82 Å². The van der Waals surface area contributed by atoms with E-state index in [2.05, 4.69) is 5.32 Å². The molecule has 23 heavy (non-hydrogen) atoms. The van der Waals surface area contributed by atoms with Crippen molar-refractivity contribution < 1.29 is 13.9 Å². The lowest BCUT2D eigenvalue weighted by atomic mass is 9.89. The molecule has 0 bridgehead atoms. The average Bonchev–Trinajstić information content (AvgIpc) is 3.19. The van der Waals surface area contributed by atoms with Crippen LogP contribution in [0.25, 0.3) is 0 Å². The Labute approximate surface area is 141 Å². The molecule has 0 spiro atoms. The van der Waals surface area contributed by atoms with Gasteiger partial charge in [0.2, 0.25) is 0 Å². The van der Waals surface area contributed by atoms with E-state index in [1.807, 2.05) is 0 Å². The molecule has 3 nitrogen and oxygen atoms in total. The van der Waals surface area contributed by atoms with Gasteiger partial charge >= 0.3 is 0 Å². The first kappa shape index (κ1) is 16.6. The van der Waals surface area contributed by atoms with E-state index in [4.69, 9.17) is 16.3 Å². The second-order valence-electron chi connectivity index (χ2n) is 6.75. The number of nitrogens with one attached hydrogen (secondary N) is 1. The monoisotopic (exact) mass is 339 g/mol. The first-order chi connectivity index (χ1) is 11.1. The Bertz CT molecular complexity index is 560. The van der Waals surface area contributed by atoms with Crippen molar-refractivity contribution in [3.8, 4) is 5.75 Å². The minimum absolute atomic E-state index is 0.0470. The molecule has 2 aliphatic carbocycles. The summed E-state index contributed by atoms with van der Waals surface area (Å²) in [7, 11) is 0.